The molecule has 42 heavy (non-hydrogen) atoms. The molecule has 5 heteroatoms. The van der Waals surface area contributed by atoms with Gasteiger partial charge in [0.05, 0.1) is 6.04 Å². The van der Waals surface area contributed by atoms with Crippen molar-refractivity contribution in [3.05, 3.63) is 83.9 Å². The molecule has 0 saturated carbocycles. The molecule has 1 unspecified atom stereocenters. The number of halogens is 1. The summed E-state index contributed by atoms with van der Waals surface area (Å²) in [5.74, 6) is 0.0617. The van der Waals surface area contributed by atoms with Gasteiger partial charge in [-0.2, -0.15) is 0 Å². The lowest BCUT2D eigenvalue weighted by Crippen LogP contribution is -2.49. The molecule has 2 aromatic carbocycles. The SMILES string of the molecule is CCCCCCCC(C)(F)CCCCCC/C=C/CC(=O)N1C(=S)OC(c2ccccc2)(c2ccccc2)[C@@H]1C(C)C. The molecule has 230 valence electrons. The molecule has 2 aromatic rings. The summed E-state index contributed by atoms with van der Waals surface area (Å²) in [4.78, 5) is 15.3. The van der Waals surface area contributed by atoms with Crippen LogP contribution in [-0.4, -0.2) is 27.7 Å². The molecule has 0 aromatic heterocycles. The summed E-state index contributed by atoms with van der Waals surface area (Å²) >= 11 is 5.72. The van der Waals surface area contributed by atoms with Gasteiger partial charge in [-0.05, 0) is 50.7 Å². The summed E-state index contributed by atoms with van der Waals surface area (Å²) in [5.41, 5.74) is 0.0859. The Bertz CT molecular complexity index is 1080. The van der Waals surface area contributed by atoms with Crippen LogP contribution in [0.3, 0.4) is 0 Å². The Balaban J connectivity index is 1.50. The van der Waals surface area contributed by atoms with Gasteiger partial charge < -0.3 is 4.74 Å². The number of allylic oxidation sites excluding steroid dienone is 1. The highest BCUT2D eigenvalue weighted by Crippen LogP contribution is 2.47. The summed E-state index contributed by atoms with van der Waals surface area (Å²) in [7, 11) is 0. The second-order valence-electron chi connectivity index (χ2n) is 12.5. The van der Waals surface area contributed by atoms with E-state index < -0.39 is 11.3 Å². The van der Waals surface area contributed by atoms with Crippen molar-refractivity contribution < 1.29 is 13.9 Å². The number of unbranched alkanes of at least 4 members (excludes halogenated alkanes) is 8. The standard InChI is InChI=1S/C37H52FNO2S/c1-5-6-7-12-21-28-36(4,38)29-22-13-10-8-9-11-20-27-33(40)39-34(30(2)3)37(41-35(39)42,31-23-16-14-17-24-31)32-25-18-15-19-26-32/h11,14-20,23-26,30,34H,5-10,12-13,21-22,27-29H2,1-4H3/b20-11+/t34-,36?/m0/s1. The maximum absolute atomic E-state index is 14.8. The average molecular weight is 594 g/mol. The number of hydrogen-bond donors (Lipinski definition) is 0. The van der Waals surface area contributed by atoms with Gasteiger partial charge in [-0.25, -0.2) is 4.39 Å². The highest BCUT2D eigenvalue weighted by Gasteiger charge is 2.57. The maximum Gasteiger partial charge on any atom is 0.267 e. The summed E-state index contributed by atoms with van der Waals surface area (Å²) in [5, 5.41) is 0.237. The van der Waals surface area contributed by atoms with Crippen molar-refractivity contribution in [3.63, 3.8) is 0 Å². The van der Waals surface area contributed by atoms with Crippen LogP contribution in [0.4, 0.5) is 4.39 Å². The van der Waals surface area contributed by atoms with Crippen LogP contribution in [0.5, 0.6) is 0 Å². The van der Waals surface area contributed by atoms with Crippen molar-refractivity contribution in [2.45, 2.75) is 128 Å². The zero-order valence-corrected chi connectivity index (χ0v) is 27.1. The minimum atomic E-state index is -1.03. The van der Waals surface area contributed by atoms with Crippen molar-refractivity contribution >= 4 is 23.3 Å². The Morgan fingerprint density at radius 2 is 1.43 bits per heavy atom. The van der Waals surface area contributed by atoms with Gasteiger partial charge in [0.25, 0.3) is 5.17 Å². The summed E-state index contributed by atoms with van der Waals surface area (Å²) < 4.78 is 21.3. The van der Waals surface area contributed by atoms with E-state index in [4.69, 9.17) is 17.0 Å². The van der Waals surface area contributed by atoms with Crippen LogP contribution >= 0.6 is 12.2 Å². The average Bonchev–Trinajstić information content (AvgIpc) is 3.31. The van der Waals surface area contributed by atoms with E-state index in [9.17, 15) is 9.18 Å². The third kappa shape index (κ3) is 9.23. The topological polar surface area (TPSA) is 29.5 Å². The van der Waals surface area contributed by atoms with Gasteiger partial charge in [-0.1, -0.05) is 145 Å². The molecule has 0 N–H and O–H groups in total. The molecule has 1 fully saturated rings. The molecule has 2 atom stereocenters. The predicted molar refractivity (Wildman–Crippen MR) is 177 cm³/mol. The number of hydrogen-bond acceptors (Lipinski definition) is 3. The van der Waals surface area contributed by atoms with Gasteiger partial charge in [-0.3, -0.25) is 9.69 Å². The number of carbonyl (C=O) groups excluding carboxylic acids is 1. The van der Waals surface area contributed by atoms with E-state index in [0.29, 0.717) is 12.8 Å². The first kappa shape index (κ1) is 34.0. The molecule has 1 aliphatic rings. The van der Waals surface area contributed by atoms with Crippen LogP contribution in [0, 0.1) is 5.92 Å². The van der Waals surface area contributed by atoms with E-state index in [1.807, 2.05) is 42.5 Å². The molecule has 3 nitrogen and oxygen atoms in total. The molecule has 1 aliphatic heterocycles. The zero-order chi connectivity index (χ0) is 30.4. The number of nitrogens with zero attached hydrogens (tertiary/aromatic N) is 1. The van der Waals surface area contributed by atoms with Crippen molar-refractivity contribution in [3.8, 4) is 0 Å². The number of benzene rings is 2. The van der Waals surface area contributed by atoms with Gasteiger partial charge >= 0.3 is 0 Å². The van der Waals surface area contributed by atoms with E-state index in [1.54, 1.807) is 11.8 Å². The zero-order valence-electron chi connectivity index (χ0n) is 26.3. The van der Waals surface area contributed by atoms with Crippen molar-refractivity contribution in [1.29, 1.82) is 0 Å². The minimum absolute atomic E-state index is 0.0411. The van der Waals surface area contributed by atoms with E-state index in [2.05, 4.69) is 51.1 Å². The number of amides is 1. The molecule has 1 saturated heterocycles. The Hall–Kier alpha value is -2.53. The molecule has 0 bridgehead atoms. The van der Waals surface area contributed by atoms with Crippen LogP contribution < -0.4 is 0 Å². The van der Waals surface area contributed by atoms with Gasteiger partial charge in [0.15, 0.2) is 5.60 Å². The first-order valence-corrected chi connectivity index (χ1v) is 16.6. The van der Waals surface area contributed by atoms with Crippen molar-refractivity contribution in [1.82, 2.24) is 4.90 Å². The largest absolute Gasteiger partial charge is 0.452 e. The molecule has 3 rings (SSSR count). The monoisotopic (exact) mass is 593 g/mol. The first-order chi connectivity index (χ1) is 20.2. The normalized spacial score (nSPS) is 18.0. The van der Waals surface area contributed by atoms with Crippen LogP contribution in [0.25, 0.3) is 0 Å². The number of rotatable bonds is 18. The second kappa shape index (κ2) is 16.9. The number of ether oxygens (including phenoxy) is 1. The number of thiocarbonyl (C=S) groups is 1. The van der Waals surface area contributed by atoms with Crippen LogP contribution in [0.1, 0.15) is 122 Å². The Morgan fingerprint density at radius 3 is 1.95 bits per heavy atom. The number of alkyl halides is 1. The highest BCUT2D eigenvalue weighted by atomic mass is 32.1. The fraction of sp³-hybridized carbons (Fsp3) is 0.568. The molecule has 1 heterocycles. The van der Waals surface area contributed by atoms with Crippen molar-refractivity contribution in [2.75, 3.05) is 0 Å². The third-order valence-electron chi connectivity index (χ3n) is 8.52. The molecule has 0 aliphatic carbocycles. The van der Waals surface area contributed by atoms with E-state index in [0.717, 1.165) is 56.1 Å². The number of carbonyl (C=O) groups is 1. The summed E-state index contributed by atoms with van der Waals surface area (Å²) in [6.45, 7) is 8.23. The summed E-state index contributed by atoms with van der Waals surface area (Å²) in [6, 6.07) is 19.9. The lowest BCUT2D eigenvalue weighted by atomic mass is 9.75. The Morgan fingerprint density at radius 1 is 0.905 bits per heavy atom. The van der Waals surface area contributed by atoms with Gasteiger partial charge in [0.1, 0.15) is 5.67 Å². The van der Waals surface area contributed by atoms with Crippen LogP contribution in [0.15, 0.2) is 72.8 Å². The smallest absolute Gasteiger partial charge is 0.267 e. The fourth-order valence-corrected chi connectivity index (χ4v) is 6.64. The molecule has 0 radical (unpaired) electrons. The fourth-order valence-electron chi connectivity index (χ4n) is 6.30. The Kier molecular flexibility index (Phi) is 13.7. The van der Waals surface area contributed by atoms with E-state index >= 15 is 0 Å². The van der Waals surface area contributed by atoms with Gasteiger partial charge in [0, 0.05) is 17.5 Å². The quantitative estimate of drug-likeness (QED) is 0.0978. The molecular weight excluding hydrogens is 541 g/mol. The van der Waals surface area contributed by atoms with Crippen molar-refractivity contribution in [2.24, 2.45) is 5.92 Å². The lowest BCUT2D eigenvalue weighted by Gasteiger charge is -2.38. The maximum atomic E-state index is 14.8. The van der Waals surface area contributed by atoms with Crippen LogP contribution in [0.2, 0.25) is 0 Å². The molecule has 0 spiro atoms. The second-order valence-corrected chi connectivity index (χ2v) is 12.8. The molecule has 1 amide bonds. The molecular formula is C37H52FNO2S. The van der Waals surface area contributed by atoms with E-state index in [1.165, 1.54) is 19.3 Å². The van der Waals surface area contributed by atoms with Gasteiger partial charge in [-0.15, -0.1) is 0 Å². The third-order valence-corrected chi connectivity index (χ3v) is 8.80. The highest BCUT2D eigenvalue weighted by molar-refractivity contribution is 7.80. The summed E-state index contributed by atoms with van der Waals surface area (Å²) in [6.07, 6.45) is 16.6. The van der Waals surface area contributed by atoms with Gasteiger partial charge in [0.2, 0.25) is 5.91 Å². The Labute approximate surface area is 259 Å². The van der Waals surface area contributed by atoms with Crippen LogP contribution in [-0.2, 0) is 15.1 Å². The predicted octanol–water partition coefficient (Wildman–Crippen LogP) is 10.5. The minimum Gasteiger partial charge on any atom is -0.452 e. The van der Waals surface area contributed by atoms with E-state index in [-0.39, 0.29) is 29.5 Å². The lowest BCUT2D eigenvalue weighted by molar-refractivity contribution is -0.128. The first-order valence-electron chi connectivity index (χ1n) is 16.2.